The van der Waals surface area contributed by atoms with Crippen LogP contribution in [0, 0.1) is 0 Å². The minimum atomic E-state index is 0.0622. The highest BCUT2D eigenvalue weighted by Crippen LogP contribution is 2.23. The Morgan fingerprint density at radius 3 is 2.50 bits per heavy atom. The number of hydrazine groups is 1. The Balaban J connectivity index is 2.74. The molecular formula is C13H20Cl2N2O. The monoisotopic (exact) mass is 290 g/mol. The average molecular weight is 291 g/mol. The molecule has 2 atom stereocenters. The van der Waals surface area contributed by atoms with Gasteiger partial charge in [-0.3, -0.25) is 11.3 Å². The molecule has 0 saturated heterocycles. The highest BCUT2D eigenvalue weighted by molar-refractivity contribution is 6.42. The Hall–Kier alpha value is -0.320. The summed E-state index contributed by atoms with van der Waals surface area (Å²) in [7, 11) is 0. The summed E-state index contributed by atoms with van der Waals surface area (Å²) in [6.45, 7) is 4.74. The molecule has 0 saturated carbocycles. The smallest absolute Gasteiger partial charge is 0.0741 e. The SMILES string of the molecule is CCOC(CC)C(Cc1ccc(Cl)c(Cl)c1)NN. The number of ether oxygens (including phenoxy) is 1. The van der Waals surface area contributed by atoms with Gasteiger partial charge in [0.25, 0.3) is 0 Å². The summed E-state index contributed by atoms with van der Waals surface area (Å²) in [5.41, 5.74) is 3.91. The van der Waals surface area contributed by atoms with E-state index in [0.717, 1.165) is 18.4 Å². The van der Waals surface area contributed by atoms with E-state index in [-0.39, 0.29) is 12.1 Å². The van der Waals surface area contributed by atoms with Gasteiger partial charge in [0, 0.05) is 6.61 Å². The van der Waals surface area contributed by atoms with Crippen LogP contribution in [-0.4, -0.2) is 18.8 Å². The van der Waals surface area contributed by atoms with Crippen LogP contribution in [0.25, 0.3) is 0 Å². The highest BCUT2D eigenvalue weighted by Gasteiger charge is 2.19. The molecule has 0 radical (unpaired) electrons. The lowest BCUT2D eigenvalue weighted by molar-refractivity contribution is 0.0319. The summed E-state index contributed by atoms with van der Waals surface area (Å²) in [6, 6.07) is 5.69. The fourth-order valence-electron chi connectivity index (χ4n) is 1.95. The van der Waals surface area contributed by atoms with E-state index in [4.69, 9.17) is 33.8 Å². The van der Waals surface area contributed by atoms with Gasteiger partial charge in [-0.25, -0.2) is 0 Å². The van der Waals surface area contributed by atoms with Gasteiger partial charge in [-0.15, -0.1) is 0 Å². The molecule has 0 spiro atoms. The molecule has 0 aromatic heterocycles. The zero-order valence-electron chi connectivity index (χ0n) is 10.7. The van der Waals surface area contributed by atoms with Gasteiger partial charge in [0.2, 0.25) is 0 Å². The maximum absolute atomic E-state index is 6.00. The van der Waals surface area contributed by atoms with Crippen LogP contribution in [-0.2, 0) is 11.2 Å². The molecule has 0 fully saturated rings. The molecule has 3 N–H and O–H groups in total. The zero-order chi connectivity index (χ0) is 13.5. The molecule has 18 heavy (non-hydrogen) atoms. The van der Waals surface area contributed by atoms with Gasteiger partial charge in [0.05, 0.1) is 22.2 Å². The second kappa shape index (κ2) is 7.97. The molecule has 0 aliphatic carbocycles. The second-order valence-electron chi connectivity index (χ2n) is 4.13. The molecule has 0 amide bonds. The first-order valence-corrected chi connectivity index (χ1v) is 6.89. The maximum atomic E-state index is 6.00. The largest absolute Gasteiger partial charge is 0.377 e. The molecule has 5 heteroatoms. The summed E-state index contributed by atoms with van der Waals surface area (Å²) in [5.74, 6) is 5.61. The third-order valence-electron chi connectivity index (χ3n) is 2.89. The first kappa shape index (κ1) is 15.7. The van der Waals surface area contributed by atoms with E-state index in [2.05, 4.69) is 12.3 Å². The predicted octanol–water partition coefficient (Wildman–Crippen LogP) is 3.18. The van der Waals surface area contributed by atoms with Crippen molar-refractivity contribution in [2.24, 2.45) is 5.84 Å². The number of nitrogens with one attached hydrogen (secondary N) is 1. The first-order valence-electron chi connectivity index (χ1n) is 6.14. The number of benzene rings is 1. The minimum absolute atomic E-state index is 0.0622. The van der Waals surface area contributed by atoms with Crippen LogP contribution >= 0.6 is 23.2 Å². The van der Waals surface area contributed by atoms with E-state index in [9.17, 15) is 0 Å². The van der Waals surface area contributed by atoms with Crippen molar-refractivity contribution in [1.29, 1.82) is 0 Å². The lowest BCUT2D eigenvalue weighted by Crippen LogP contribution is -2.46. The van der Waals surface area contributed by atoms with Crippen LogP contribution in [0.1, 0.15) is 25.8 Å². The molecule has 1 rings (SSSR count). The molecule has 3 nitrogen and oxygen atoms in total. The van der Waals surface area contributed by atoms with Crippen molar-refractivity contribution >= 4 is 23.2 Å². The number of rotatable bonds is 7. The lowest BCUT2D eigenvalue weighted by Gasteiger charge is -2.25. The summed E-state index contributed by atoms with van der Waals surface area (Å²) >= 11 is 11.9. The molecule has 1 aromatic rings. The van der Waals surface area contributed by atoms with Crippen molar-refractivity contribution in [3.8, 4) is 0 Å². The highest BCUT2D eigenvalue weighted by atomic mass is 35.5. The molecular weight excluding hydrogens is 271 g/mol. The third-order valence-corrected chi connectivity index (χ3v) is 3.62. The van der Waals surface area contributed by atoms with E-state index in [1.165, 1.54) is 0 Å². The standard InChI is InChI=1S/C13H20Cl2N2O/c1-3-13(18-4-2)12(17-16)8-9-5-6-10(14)11(15)7-9/h5-7,12-13,17H,3-4,8,16H2,1-2H3. The van der Waals surface area contributed by atoms with E-state index >= 15 is 0 Å². The zero-order valence-corrected chi connectivity index (χ0v) is 12.3. The molecule has 2 unspecified atom stereocenters. The van der Waals surface area contributed by atoms with Gasteiger partial charge in [0.1, 0.15) is 0 Å². The number of hydrogen-bond acceptors (Lipinski definition) is 3. The van der Waals surface area contributed by atoms with Crippen molar-refractivity contribution in [1.82, 2.24) is 5.43 Å². The second-order valence-corrected chi connectivity index (χ2v) is 4.94. The predicted molar refractivity (Wildman–Crippen MR) is 77.0 cm³/mol. The molecule has 102 valence electrons. The van der Waals surface area contributed by atoms with Crippen molar-refractivity contribution < 1.29 is 4.74 Å². The Bertz CT molecular complexity index is 374. The molecule has 0 heterocycles. The van der Waals surface area contributed by atoms with Gasteiger partial charge in [-0.05, 0) is 37.5 Å². The Labute approximate surface area is 119 Å². The summed E-state index contributed by atoms with van der Waals surface area (Å²) in [4.78, 5) is 0. The molecule has 1 aromatic carbocycles. The van der Waals surface area contributed by atoms with E-state index in [1.54, 1.807) is 6.07 Å². The third kappa shape index (κ3) is 4.41. The summed E-state index contributed by atoms with van der Waals surface area (Å²) < 4.78 is 5.67. The van der Waals surface area contributed by atoms with Crippen molar-refractivity contribution in [3.05, 3.63) is 33.8 Å². The van der Waals surface area contributed by atoms with Gasteiger partial charge >= 0.3 is 0 Å². The van der Waals surface area contributed by atoms with E-state index in [0.29, 0.717) is 16.7 Å². The summed E-state index contributed by atoms with van der Waals surface area (Å²) in [6.07, 6.45) is 1.75. The fraction of sp³-hybridized carbons (Fsp3) is 0.538. The average Bonchev–Trinajstić information content (AvgIpc) is 2.37. The van der Waals surface area contributed by atoms with Crippen LogP contribution in [0.4, 0.5) is 0 Å². The molecule has 0 aliphatic rings. The topological polar surface area (TPSA) is 47.3 Å². The maximum Gasteiger partial charge on any atom is 0.0741 e. The van der Waals surface area contributed by atoms with Gasteiger partial charge < -0.3 is 4.74 Å². The van der Waals surface area contributed by atoms with Crippen LogP contribution in [0.5, 0.6) is 0 Å². The summed E-state index contributed by atoms with van der Waals surface area (Å²) in [5, 5.41) is 1.13. The minimum Gasteiger partial charge on any atom is -0.377 e. The Morgan fingerprint density at radius 1 is 1.28 bits per heavy atom. The van der Waals surface area contributed by atoms with Crippen molar-refractivity contribution in [2.75, 3.05) is 6.61 Å². The van der Waals surface area contributed by atoms with Gasteiger partial charge in [0.15, 0.2) is 0 Å². The fourth-order valence-corrected chi connectivity index (χ4v) is 2.27. The molecule has 0 bridgehead atoms. The Morgan fingerprint density at radius 2 is 2.00 bits per heavy atom. The number of nitrogens with two attached hydrogens (primary N) is 1. The molecule has 0 aliphatic heterocycles. The normalized spacial score (nSPS) is 14.5. The quantitative estimate of drug-likeness (QED) is 0.599. The number of hydrogen-bond donors (Lipinski definition) is 2. The van der Waals surface area contributed by atoms with Crippen molar-refractivity contribution in [3.63, 3.8) is 0 Å². The van der Waals surface area contributed by atoms with Crippen LogP contribution in [0.15, 0.2) is 18.2 Å². The van der Waals surface area contributed by atoms with Crippen molar-refractivity contribution in [2.45, 2.75) is 38.8 Å². The van der Waals surface area contributed by atoms with Gasteiger partial charge in [-0.1, -0.05) is 36.2 Å². The lowest BCUT2D eigenvalue weighted by atomic mass is 10.00. The Kier molecular flexibility index (Phi) is 6.97. The van der Waals surface area contributed by atoms with Crippen LogP contribution in [0.3, 0.4) is 0 Å². The van der Waals surface area contributed by atoms with Gasteiger partial charge in [-0.2, -0.15) is 0 Å². The van der Waals surface area contributed by atoms with Crippen LogP contribution < -0.4 is 11.3 Å². The van der Waals surface area contributed by atoms with E-state index < -0.39 is 0 Å². The van der Waals surface area contributed by atoms with E-state index in [1.807, 2.05) is 19.1 Å². The number of halogens is 2. The van der Waals surface area contributed by atoms with Crippen LogP contribution in [0.2, 0.25) is 10.0 Å². The first-order chi connectivity index (χ1) is 8.62.